The maximum Gasteiger partial charge on any atom is 0.412 e. The van der Waals surface area contributed by atoms with Gasteiger partial charge in [-0.25, -0.2) is 9.18 Å². The van der Waals surface area contributed by atoms with Crippen molar-refractivity contribution in [3.63, 3.8) is 0 Å². The monoisotopic (exact) mass is 336 g/mol. The number of anilines is 2. The maximum absolute atomic E-state index is 13.9. The van der Waals surface area contributed by atoms with Crippen LogP contribution in [0.25, 0.3) is 0 Å². The molecular weight excluding hydrogens is 315 g/mol. The van der Waals surface area contributed by atoms with Crippen molar-refractivity contribution in [1.82, 2.24) is 0 Å². The predicted octanol–water partition coefficient (Wildman–Crippen LogP) is 5.15. The molecule has 0 spiro atoms. The van der Waals surface area contributed by atoms with Gasteiger partial charge in [0.1, 0.15) is 11.4 Å². The quantitative estimate of drug-likeness (QED) is 0.811. The lowest BCUT2D eigenvalue weighted by molar-refractivity contribution is 0.0636. The molecule has 0 fully saturated rings. The van der Waals surface area contributed by atoms with Gasteiger partial charge in [0.2, 0.25) is 0 Å². The van der Waals surface area contributed by atoms with E-state index in [0.717, 1.165) is 4.88 Å². The molecule has 0 aliphatic rings. The van der Waals surface area contributed by atoms with Crippen molar-refractivity contribution < 1.29 is 13.9 Å². The first-order chi connectivity index (χ1) is 10.7. The van der Waals surface area contributed by atoms with Crippen LogP contribution in [0.5, 0.6) is 0 Å². The molecule has 0 aliphatic heterocycles. The molecule has 1 aromatic heterocycles. The van der Waals surface area contributed by atoms with Crippen molar-refractivity contribution in [2.75, 3.05) is 10.6 Å². The zero-order valence-electron chi connectivity index (χ0n) is 13.7. The zero-order valence-corrected chi connectivity index (χ0v) is 14.5. The van der Waals surface area contributed by atoms with Crippen LogP contribution in [0.2, 0.25) is 0 Å². The second-order valence-corrected chi connectivity index (χ2v) is 7.56. The highest BCUT2D eigenvalue weighted by atomic mass is 32.1. The standard InChI is InChI=1S/C17H21FN2O2S/c1-11-5-7-13(23-11)10-19-15-9-12(6-8-14(15)18)20-16(21)22-17(2,3)4/h5-9,19H,10H2,1-4H3,(H,20,21). The van der Waals surface area contributed by atoms with Crippen molar-refractivity contribution in [3.05, 3.63) is 45.9 Å². The van der Waals surface area contributed by atoms with Crippen LogP contribution < -0.4 is 10.6 Å². The molecule has 0 aliphatic carbocycles. The Bertz CT molecular complexity index is 692. The summed E-state index contributed by atoms with van der Waals surface area (Å²) >= 11 is 1.66. The number of halogens is 1. The second kappa shape index (κ2) is 7.00. The largest absolute Gasteiger partial charge is 0.444 e. The third-order valence-electron chi connectivity index (χ3n) is 2.86. The molecule has 1 heterocycles. The Morgan fingerprint density at radius 2 is 2.00 bits per heavy atom. The van der Waals surface area contributed by atoms with Gasteiger partial charge in [-0.2, -0.15) is 0 Å². The molecule has 2 rings (SSSR count). The average molecular weight is 336 g/mol. The predicted molar refractivity (Wildman–Crippen MR) is 92.6 cm³/mol. The van der Waals surface area contributed by atoms with Crippen molar-refractivity contribution in [2.24, 2.45) is 0 Å². The number of amides is 1. The Kier molecular flexibility index (Phi) is 5.26. The van der Waals surface area contributed by atoms with Gasteiger partial charge < -0.3 is 10.1 Å². The molecule has 1 amide bonds. The number of hydrogen-bond donors (Lipinski definition) is 2. The third kappa shape index (κ3) is 5.56. The fourth-order valence-corrected chi connectivity index (χ4v) is 2.75. The highest BCUT2D eigenvalue weighted by Gasteiger charge is 2.16. The average Bonchev–Trinajstić information content (AvgIpc) is 2.83. The molecule has 2 aromatic rings. The summed E-state index contributed by atoms with van der Waals surface area (Å²) in [4.78, 5) is 14.1. The van der Waals surface area contributed by atoms with Crippen molar-refractivity contribution in [3.8, 4) is 0 Å². The highest BCUT2D eigenvalue weighted by Crippen LogP contribution is 2.22. The van der Waals surface area contributed by atoms with Gasteiger partial charge in [0.15, 0.2) is 0 Å². The van der Waals surface area contributed by atoms with Gasteiger partial charge in [0.05, 0.1) is 5.69 Å². The molecule has 2 N–H and O–H groups in total. The van der Waals surface area contributed by atoms with Crippen LogP contribution in [0.1, 0.15) is 30.5 Å². The van der Waals surface area contributed by atoms with E-state index in [1.54, 1.807) is 38.2 Å². The van der Waals surface area contributed by atoms with Gasteiger partial charge in [0.25, 0.3) is 0 Å². The van der Waals surface area contributed by atoms with E-state index < -0.39 is 11.7 Å². The summed E-state index contributed by atoms with van der Waals surface area (Å²) in [7, 11) is 0. The Balaban J connectivity index is 2.02. The first kappa shape index (κ1) is 17.3. The van der Waals surface area contributed by atoms with Gasteiger partial charge >= 0.3 is 6.09 Å². The van der Waals surface area contributed by atoms with Crippen LogP contribution in [0.3, 0.4) is 0 Å². The summed E-state index contributed by atoms with van der Waals surface area (Å²) in [5.41, 5.74) is 0.234. The van der Waals surface area contributed by atoms with Crippen LogP contribution in [0, 0.1) is 12.7 Å². The smallest absolute Gasteiger partial charge is 0.412 e. The number of carbonyl (C=O) groups excluding carboxylic acids is 1. The van der Waals surface area contributed by atoms with Crippen LogP contribution in [0.4, 0.5) is 20.6 Å². The summed E-state index contributed by atoms with van der Waals surface area (Å²) in [5, 5.41) is 5.65. The SMILES string of the molecule is Cc1ccc(CNc2cc(NC(=O)OC(C)(C)C)ccc2F)s1. The number of benzene rings is 1. The molecule has 0 radical (unpaired) electrons. The van der Waals surface area contributed by atoms with Crippen molar-refractivity contribution in [1.29, 1.82) is 0 Å². The molecule has 0 bridgehead atoms. The summed E-state index contributed by atoms with van der Waals surface area (Å²) < 4.78 is 19.1. The van der Waals surface area contributed by atoms with E-state index in [1.807, 2.05) is 19.1 Å². The lowest BCUT2D eigenvalue weighted by Crippen LogP contribution is -2.27. The number of thiophene rings is 1. The number of ether oxygens (including phenoxy) is 1. The lowest BCUT2D eigenvalue weighted by Gasteiger charge is -2.20. The van der Waals surface area contributed by atoms with Crippen molar-refractivity contribution >= 4 is 28.8 Å². The molecule has 0 atom stereocenters. The van der Waals surface area contributed by atoms with Gasteiger partial charge in [-0.05, 0) is 58.0 Å². The molecule has 6 heteroatoms. The highest BCUT2D eigenvalue weighted by molar-refractivity contribution is 7.11. The normalized spacial score (nSPS) is 11.2. The second-order valence-electron chi connectivity index (χ2n) is 6.19. The minimum absolute atomic E-state index is 0.338. The summed E-state index contributed by atoms with van der Waals surface area (Å²) in [6.07, 6.45) is -0.566. The molecular formula is C17H21FN2O2S. The molecule has 0 saturated heterocycles. The Labute approximate surface area is 139 Å². The third-order valence-corrected chi connectivity index (χ3v) is 3.86. The van der Waals surface area contributed by atoms with Gasteiger partial charge in [-0.15, -0.1) is 11.3 Å². The minimum atomic E-state index is -0.581. The summed E-state index contributed by atoms with van der Waals surface area (Å²) in [5.74, 6) is -0.368. The first-order valence-electron chi connectivity index (χ1n) is 7.32. The van der Waals surface area contributed by atoms with E-state index in [-0.39, 0.29) is 5.82 Å². The number of aryl methyl sites for hydroxylation is 1. The number of rotatable bonds is 4. The van der Waals surface area contributed by atoms with E-state index in [0.29, 0.717) is 17.9 Å². The topological polar surface area (TPSA) is 50.4 Å². The van der Waals surface area contributed by atoms with E-state index >= 15 is 0 Å². The van der Waals surface area contributed by atoms with E-state index in [4.69, 9.17) is 4.74 Å². The number of carbonyl (C=O) groups is 1. The lowest BCUT2D eigenvalue weighted by atomic mass is 10.2. The van der Waals surface area contributed by atoms with E-state index in [9.17, 15) is 9.18 Å². The molecule has 0 saturated carbocycles. The Morgan fingerprint density at radius 3 is 2.61 bits per heavy atom. The van der Waals surface area contributed by atoms with Crippen LogP contribution in [0.15, 0.2) is 30.3 Å². The van der Waals surface area contributed by atoms with Crippen molar-refractivity contribution in [2.45, 2.75) is 39.8 Å². The molecule has 4 nitrogen and oxygen atoms in total. The molecule has 124 valence electrons. The Morgan fingerprint density at radius 1 is 1.26 bits per heavy atom. The number of nitrogens with one attached hydrogen (secondary N) is 2. The van der Waals surface area contributed by atoms with E-state index in [1.165, 1.54) is 17.0 Å². The first-order valence-corrected chi connectivity index (χ1v) is 8.13. The van der Waals surface area contributed by atoms with Gasteiger partial charge in [-0.1, -0.05) is 0 Å². The van der Waals surface area contributed by atoms with Crippen LogP contribution in [-0.4, -0.2) is 11.7 Å². The molecule has 1 aromatic carbocycles. The molecule has 23 heavy (non-hydrogen) atoms. The number of hydrogen-bond acceptors (Lipinski definition) is 4. The minimum Gasteiger partial charge on any atom is -0.444 e. The maximum atomic E-state index is 13.9. The fraction of sp³-hybridized carbons (Fsp3) is 0.353. The van der Waals surface area contributed by atoms with Crippen LogP contribution >= 0.6 is 11.3 Å². The summed E-state index contributed by atoms with van der Waals surface area (Å²) in [6, 6.07) is 8.40. The van der Waals surface area contributed by atoms with E-state index in [2.05, 4.69) is 10.6 Å². The fourth-order valence-electron chi connectivity index (χ4n) is 1.92. The zero-order chi connectivity index (χ0) is 17.0. The molecule has 0 unspecified atom stereocenters. The summed E-state index contributed by atoms with van der Waals surface area (Å²) in [6.45, 7) is 7.92. The van der Waals surface area contributed by atoms with Crippen LogP contribution in [-0.2, 0) is 11.3 Å². The van der Waals surface area contributed by atoms with Gasteiger partial charge in [-0.3, -0.25) is 5.32 Å². The Hall–Kier alpha value is -2.08. The van der Waals surface area contributed by atoms with Gasteiger partial charge in [0, 0.05) is 22.0 Å².